The lowest BCUT2D eigenvalue weighted by Crippen LogP contribution is -2.36. The standard InChI is InChI=1S/C17H19NO3/c1-9(19)13-7-11-8-14(13)17-15(11)16(18-21-17)10-3-5-12(20-2)6-4-10/h3-6,11,13-15,17H,7-8H2,1-2H3/t11-,13+,14+,15-,17+/m0/s1. The molecule has 4 heteroatoms. The van der Waals surface area contributed by atoms with E-state index < -0.39 is 0 Å². The maximum absolute atomic E-state index is 11.7. The molecule has 1 heterocycles. The van der Waals surface area contributed by atoms with Crippen LogP contribution >= 0.6 is 0 Å². The maximum atomic E-state index is 11.7. The first-order chi connectivity index (χ1) is 10.2. The van der Waals surface area contributed by atoms with E-state index in [0.29, 0.717) is 23.5 Å². The van der Waals surface area contributed by atoms with Crippen molar-refractivity contribution in [2.45, 2.75) is 25.9 Å². The lowest BCUT2D eigenvalue weighted by molar-refractivity contribution is -0.124. The number of ether oxygens (including phenoxy) is 1. The van der Waals surface area contributed by atoms with Crippen LogP contribution in [0.25, 0.3) is 0 Å². The fourth-order valence-corrected chi connectivity index (χ4v) is 4.48. The number of carbonyl (C=O) groups is 1. The van der Waals surface area contributed by atoms with Gasteiger partial charge in [0.1, 0.15) is 17.6 Å². The Morgan fingerprint density at radius 3 is 2.71 bits per heavy atom. The van der Waals surface area contributed by atoms with Crippen LogP contribution in [0.5, 0.6) is 5.75 Å². The predicted molar refractivity (Wildman–Crippen MR) is 78.3 cm³/mol. The van der Waals surface area contributed by atoms with Crippen LogP contribution in [0.4, 0.5) is 0 Å². The van der Waals surface area contributed by atoms with Gasteiger partial charge >= 0.3 is 0 Å². The molecule has 0 radical (unpaired) electrons. The van der Waals surface area contributed by atoms with E-state index in [1.807, 2.05) is 24.3 Å². The SMILES string of the molecule is COc1ccc(C2=NO[C@@H]3[C@@H]4C[C@H](C[C@@H]4C(C)=O)[C@@H]23)cc1. The van der Waals surface area contributed by atoms with Gasteiger partial charge in [0.05, 0.1) is 12.8 Å². The quantitative estimate of drug-likeness (QED) is 0.858. The number of methoxy groups -OCH3 is 1. The van der Waals surface area contributed by atoms with E-state index in [9.17, 15) is 4.79 Å². The minimum atomic E-state index is 0.106. The van der Waals surface area contributed by atoms with Crippen molar-refractivity contribution in [2.24, 2.45) is 28.8 Å². The van der Waals surface area contributed by atoms with E-state index >= 15 is 0 Å². The highest BCUT2D eigenvalue weighted by atomic mass is 16.6. The smallest absolute Gasteiger partial charge is 0.139 e. The average Bonchev–Trinajstić information content (AvgIpc) is 3.18. The monoisotopic (exact) mass is 285 g/mol. The van der Waals surface area contributed by atoms with Crippen molar-refractivity contribution in [1.82, 2.24) is 0 Å². The minimum absolute atomic E-state index is 0.106. The van der Waals surface area contributed by atoms with Crippen molar-refractivity contribution in [3.05, 3.63) is 29.8 Å². The number of hydrogen-bond acceptors (Lipinski definition) is 4. The van der Waals surface area contributed by atoms with Crippen LogP contribution in [0.2, 0.25) is 0 Å². The van der Waals surface area contributed by atoms with Crippen molar-refractivity contribution in [3.63, 3.8) is 0 Å². The lowest BCUT2D eigenvalue weighted by Gasteiger charge is -2.28. The van der Waals surface area contributed by atoms with Crippen LogP contribution in [-0.4, -0.2) is 24.7 Å². The Bertz CT molecular complexity index is 607. The zero-order valence-electron chi connectivity index (χ0n) is 12.3. The van der Waals surface area contributed by atoms with Crippen molar-refractivity contribution < 1.29 is 14.4 Å². The molecule has 2 saturated carbocycles. The van der Waals surface area contributed by atoms with Crippen molar-refractivity contribution in [1.29, 1.82) is 0 Å². The molecule has 2 fully saturated rings. The van der Waals surface area contributed by atoms with Gasteiger partial charge in [0.2, 0.25) is 0 Å². The van der Waals surface area contributed by atoms with Crippen molar-refractivity contribution in [3.8, 4) is 5.75 Å². The first-order valence-electron chi connectivity index (χ1n) is 7.57. The van der Waals surface area contributed by atoms with Crippen molar-refractivity contribution in [2.75, 3.05) is 7.11 Å². The van der Waals surface area contributed by atoms with Crippen molar-refractivity contribution >= 4 is 11.5 Å². The summed E-state index contributed by atoms with van der Waals surface area (Å²) < 4.78 is 5.20. The molecule has 2 aliphatic carbocycles. The van der Waals surface area contributed by atoms with Gasteiger partial charge < -0.3 is 9.57 Å². The molecule has 4 rings (SSSR count). The third-order valence-electron chi connectivity index (χ3n) is 5.43. The number of nitrogens with zero attached hydrogens (tertiary/aromatic N) is 1. The van der Waals surface area contributed by atoms with Gasteiger partial charge in [-0.2, -0.15) is 0 Å². The Hall–Kier alpha value is -1.84. The summed E-state index contributed by atoms with van der Waals surface area (Å²) in [7, 11) is 1.67. The Balaban J connectivity index is 1.59. The normalized spacial score (nSPS) is 36.1. The van der Waals surface area contributed by atoms with E-state index in [4.69, 9.17) is 9.57 Å². The molecule has 0 aromatic heterocycles. The van der Waals surface area contributed by atoms with E-state index in [1.165, 1.54) is 0 Å². The first-order valence-corrected chi connectivity index (χ1v) is 7.57. The molecule has 0 unspecified atom stereocenters. The predicted octanol–water partition coefficient (Wildman–Crippen LogP) is 2.66. The van der Waals surface area contributed by atoms with E-state index in [0.717, 1.165) is 29.9 Å². The Labute approximate surface area is 124 Å². The Kier molecular flexibility index (Phi) is 2.81. The summed E-state index contributed by atoms with van der Waals surface area (Å²) in [6.45, 7) is 1.71. The zero-order valence-corrected chi connectivity index (χ0v) is 12.3. The van der Waals surface area contributed by atoms with Crippen LogP contribution in [0.15, 0.2) is 29.4 Å². The molecule has 3 aliphatic rings. The number of ketones is 1. The number of benzene rings is 1. The summed E-state index contributed by atoms with van der Waals surface area (Å²) in [5.74, 6) is 2.59. The second-order valence-corrected chi connectivity index (χ2v) is 6.41. The fraction of sp³-hybridized carbons (Fsp3) is 0.529. The zero-order chi connectivity index (χ0) is 14.6. The second kappa shape index (κ2) is 4.58. The molecular weight excluding hydrogens is 266 g/mol. The van der Waals surface area contributed by atoms with E-state index in [1.54, 1.807) is 14.0 Å². The van der Waals surface area contributed by atoms with Crippen LogP contribution < -0.4 is 4.74 Å². The van der Waals surface area contributed by atoms with Gasteiger partial charge in [-0.15, -0.1) is 0 Å². The van der Waals surface area contributed by atoms with Crippen LogP contribution in [-0.2, 0) is 9.63 Å². The molecule has 0 saturated heterocycles. The molecule has 0 spiro atoms. The van der Waals surface area contributed by atoms with Gasteiger partial charge in [0, 0.05) is 23.3 Å². The number of hydrogen-bond donors (Lipinski definition) is 0. The van der Waals surface area contributed by atoms with Crippen LogP contribution in [0, 0.1) is 23.7 Å². The van der Waals surface area contributed by atoms with Gasteiger partial charge in [-0.05, 0) is 49.9 Å². The van der Waals surface area contributed by atoms with Gasteiger partial charge in [0.15, 0.2) is 0 Å². The van der Waals surface area contributed by atoms with Gasteiger partial charge in [0.25, 0.3) is 0 Å². The summed E-state index contributed by atoms with van der Waals surface area (Å²) in [4.78, 5) is 17.5. The molecule has 110 valence electrons. The Morgan fingerprint density at radius 1 is 1.29 bits per heavy atom. The van der Waals surface area contributed by atoms with Gasteiger partial charge in [-0.1, -0.05) is 5.16 Å². The maximum Gasteiger partial charge on any atom is 0.139 e. The average molecular weight is 285 g/mol. The summed E-state index contributed by atoms with van der Waals surface area (Å²) in [6.07, 6.45) is 2.21. The molecule has 21 heavy (non-hydrogen) atoms. The second-order valence-electron chi connectivity index (χ2n) is 6.41. The summed E-state index contributed by atoms with van der Waals surface area (Å²) in [6, 6.07) is 7.99. The van der Waals surface area contributed by atoms with Gasteiger partial charge in [-0.3, -0.25) is 4.79 Å². The molecule has 1 aromatic carbocycles. The largest absolute Gasteiger partial charge is 0.497 e. The van der Waals surface area contributed by atoms with Crippen LogP contribution in [0.1, 0.15) is 25.3 Å². The molecular formula is C17H19NO3. The first kappa shape index (κ1) is 12.9. The molecule has 1 aromatic rings. The fourth-order valence-electron chi connectivity index (χ4n) is 4.48. The summed E-state index contributed by atoms with van der Waals surface area (Å²) >= 11 is 0. The molecule has 5 atom stereocenters. The third-order valence-corrected chi connectivity index (χ3v) is 5.43. The number of carbonyl (C=O) groups excluding carboxylic acids is 1. The van der Waals surface area contributed by atoms with Crippen LogP contribution in [0.3, 0.4) is 0 Å². The highest BCUT2D eigenvalue weighted by Crippen LogP contribution is 2.56. The number of oxime groups is 1. The van der Waals surface area contributed by atoms with E-state index in [-0.39, 0.29) is 12.0 Å². The molecule has 1 aliphatic heterocycles. The highest BCUT2D eigenvalue weighted by Gasteiger charge is 2.59. The summed E-state index contributed by atoms with van der Waals surface area (Å²) in [5.41, 5.74) is 2.16. The lowest BCUT2D eigenvalue weighted by atomic mass is 9.75. The number of rotatable bonds is 3. The number of fused-ring (bicyclic) bond motifs is 5. The minimum Gasteiger partial charge on any atom is -0.497 e. The topological polar surface area (TPSA) is 47.9 Å². The van der Waals surface area contributed by atoms with Gasteiger partial charge in [-0.25, -0.2) is 0 Å². The molecule has 4 nitrogen and oxygen atoms in total. The third kappa shape index (κ3) is 1.81. The molecule has 2 bridgehead atoms. The summed E-state index contributed by atoms with van der Waals surface area (Å²) in [5, 5.41) is 4.35. The van der Waals surface area contributed by atoms with E-state index in [2.05, 4.69) is 5.16 Å². The highest BCUT2D eigenvalue weighted by molar-refractivity contribution is 6.03. The molecule has 0 N–H and O–H groups in total. The Morgan fingerprint density at radius 2 is 2.05 bits per heavy atom. The molecule has 0 amide bonds. The number of Topliss-reactive ketones (excluding diaryl/α,β-unsaturated/α-hetero) is 1.